The van der Waals surface area contributed by atoms with Crippen LogP contribution in [0.2, 0.25) is 0 Å². The van der Waals surface area contributed by atoms with Crippen LogP contribution in [0.4, 0.5) is 0 Å². The third-order valence-corrected chi connectivity index (χ3v) is 2.31. The van der Waals surface area contributed by atoms with Gasteiger partial charge in [0.2, 0.25) is 0 Å². The lowest BCUT2D eigenvalue weighted by atomic mass is 9.86. The Morgan fingerprint density at radius 1 is 1.40 bits per heavy atom. The van der Waals surface area contributed by atoms with Crippen LogP contribution < -0.4 is 0 Å². The average Bonchev–Trinajstić information content (AvgIpc) is 1.86. The summed E-state index contributed by atoms with van der Waals surface area (Å²) in [5.41, 5.74) is 0.00347. The van der Waals surface area contributed by atoms with Crippen LogP contribution in [0.1, 0.15) is 20.8 Å². The van der Waals surface area contributed by atoms with E-state index >= 15 is 0 Å². The Hall–Kier alpha value is -0.0800. The third kappa shape index (κ3) is 2.27. The number of aliphatic hydroxyl groups is 1. The molecule has 62 valence electrons. The predicted molar refractivity (Wildman–Crippen MR) is 44.0 cm³/mol. The molecule has 0 aromatic rings. The Morgan fingerprint density at radius 2 is 1.80 bits per heavy atom. The molecule has 0 heterocycles. The minimum atomic E-state index is 0.00347. The highest BCUT2D eigenvalue weighted by Gasteiger charge is 2.25. The van der Waals surface area contributed by atoms with Crippen LogP contribution in [0.15, 0.2) is 0 Å². The molecule has 0 saturated carbocycles. The molecule has 0 aliphatic heterocycles. The first kappa shape index (κ1) is 9.92. The van der Waals surface area contributed by atoms with Crippen molar-refractivity contribution in [1.29, 1.82) is 0 Å². The highest BCUT2D eigenvalue weighted by molar-refractivity contribution is 4.79. The van der Waals surface area contributed by atoms with Crippen LogP contribution in [0.5, 0.6) is 0 Å². The largest absolute Gasteiger partial charge is 0.396 e. The Labute approximate surface area is 63.8 Å². The lowest BCUT2D eigenvalue weighted by Crippen LogP contribution is -2.40. The van der Waals surface area contributed by atoms with Crippen molar-refractivity contribution in [3.63, 3.8) is 0 Å². The highest BCUT2D eigenvalue weighted by Crippen LogP contribution is 2.21. The molecule has 0 aliphatic carbocycles. The SMILES string of the molecule is CC(N(C)C)C(C)(C)CO. The Bertz CT molecular complexity index is 99.4. The van der Waals surface area contributed by atoms with Crippen molar-refractivity contribution in [2.24, 2.45) is 5.41 Å². The van der Waals surface area contributed by atoms with Crippen LogP contribution in [-0.2, 0) is 0 Å². The van der Waals surface area contributed by atoms with Crippen LogP contribution in [0, 0.1) is 5.41 Å². The molecule has 0 fully saturated rings. The summed E-state index contributed by atoms with van der Waals surface area (Å²) in [5.74, 6) is 0. The van der Waals surface area contributed by atoms with E-state index in [1.807, 2.05) is 14.1 Å². The molecule has 0 amide bonds. The van der Waals surface area contributed by atoms with E-state index in [9.17, 15) is 0 Å². The smallest absolute Gasteiger partial charge is 0.0496 e. The van der Waals surface area contributed by atoms with Crippen molar-refractivity contribution < 1.29 is 5.11 Å². The van der Waals surface area contributed by atoms with Gasteiger partial charge in [0.25, 0.3) is 0 Å². The standard InChI is InChI=1S/C8H19NO/c1-7(9(4)5)8(2,3)6-10/h7,10H,6H2,1-5H3. The van der Waals surface area contributed by atoms with E-state index < -0.39 is 0 Å². The maximum Gasteiger partial charge on any atom is 0.0496 e. The minimum Gasteiger partial charge on any atom is -0.396 e. The topological polar surface area (TPSA) is 23.5 Å². The van der Waals surface area contributed by atoms with Crippen molar-refractivity contribution in [2.75, 3.05) is 20.7 Å². The van der Waals surface area contributed by atoms with Crippen molar-refractivity contribution in [2.45, 2.75) is 26.8 Å². The summed E-state index contributed by atoms with van der Waals surface area (Å²) >= 11 is 0. The van der Waals surface area contributed by atoms with Gasteiger partial charge < -0.3 is 10.0 Å². The summed E-state index contributed by atoms with van der Waals surface area (Å²) in [5, 5.41) is 8.99. The fourth-order valence-corrected chi connectivity index (χ4v) is 0.831. The average molecular weight is 145 g/mol. The summed E-state index contributed by atoms with van der Waals surface area (Å²) < 4.78 is 0. The molecule has 0 spiro atoms. The van der Waals surface area contributed by atoms with Crippen LogP contribution >= 0.6 is 0 Å². The van der Waals surface area contributed by atoms with E-state index in [1.165, 1.54) is 0 Å². The molecule has 1 unspecified atom stereocenters. The van der Waals surface area contributed by atoms with Crippen LogP contribution in [-0.4, -0.2) is 36.8 Å². The first-order valence-corrected chi connectivity index (χ1v) is 3.69. The van der Waals surface area contributed by atoms with Gasteiger partial charge in [-0.3, -0.25) is 0 Å². The third-order valence-electron chi connectivity index (χ3n) is 2.31. The minimum absolute atomic E-state index is 0.00347. The van der Waals surface area contributed by atoms with Gasteiger partial charge in [0.1, 0.15) is 0 Å². The molecular weight excluding hydrogens is 126 g/mol. The van der Waals surface area contributed by atoms with E-state index in [1.54, 1.807) is 0 Å². The predicted octanol–water partition coefficient (Wildman–Crippen LogP) is 0.955. The molecule has 2 nitrogen and oxygen atoms in total. The zero-order valence-electron chi connectivity index (χ0n) is 7.68. The molecule has 0 radical (unpaired) electrons. The second-order valence-corrected chi connectivity index (χ2v) is 3.79. The van der Waals surface area contributed by atoms with Gasteiger partial charge in [0.15, 0.2) is 0 Å². The van der Waals surface area contributed by atoms with Gasteiger partial charge in [-0.2, -0.15) is 0 Å². The zero-order chi connectivity index (χ0) is 8.36. The maximum atomic E-state index is 8.99. The molecule has 0 rings (SSSR count). The number of hydrogen-bond acceptors (Lipinski definition) is 2. The van der Waals surface area contributed by atoms with Crippen molar-refractivity contribution in [1.82, 2.24) is 4.90 Å². The van der Waals surface area contributed by atoms with E-state index in [-0.39, 0.29) is 12.0 Å². The molecule has 1 N–H and O–H groups in total. The summed E-state index contributed by atoms with van der Waals surface area (Å²) in [6, 6.07) is 0.414. The summed E-state index contributed by atoms with van der Waals surface area (Å²) in [6.45, 7) is 6.50. The van der Waals surface area contributed by atoms with Crippen molar-refractivity contribution in [3.8, 4) is 0 Å². The van der Waals surface area contributed by atoms with E-state index in [0.29, 0.717) is 6.04 Å². The van der Waals surface area contributed by atoms with Crippen LogP contribution in [0.25, 0.3) is 0 Å². The molecule has 0 saturated heterocycles. The van der Waals surface area contributed by atoms with E-state index in [4.69, 9.17) is 5.11 Å². The lowest BCUT2D eigenvalue weighted by Gasteiger charge is -2.34. The van der Waals surface area contributed by atoms with Crippen molar-refractivity contribution >= 4 is 0 Å². The van der Waals surface area contributed by atoms with Gasteiger partial charge >= 0.3 is 0 Å². The van der Waals surface area contributed by atoms with E-state index in [0.717, 1.165) is 0 Å². The van der Waals surface area contributed by atoms with Gasteiger partial charge in [0.05, 0.1) is 0 Å². The van der Waals surface area contributed by atoms with Gasteiger partial charge in [-0.15, -0.1) is 0 Å². The highest BCUT2D eigenvalue weighted by atomic mass is 16.3. The van der Waals surface area contributed by atoms with Crippen LogP contribution in [0.3, 0.4) is 0 Å². The molecular formula is C8H19NO. The zero-order valence-corrected chi connectivity index (χ0v) is 7.68. The first-order chi connectivity index (χ1) is 4.41. The monoisotopic (exact) mass is 145 g/mol. The van der Waals surface area contributed by atoms with Gasteiger partial charge in [0, 0.05) is 18.1 Å². The van der Waals surface area contributed by atoms with Gasteiger partial charge in [-0.25, -0.2) is 0 Å². The fourth-order valence-electron chi connectivity index (χ4n) is 0.831. The molecule has 0 aromatic carbocycles. The fraction of sp³-hybridized carbons (Fsp3) is 1.00. The summed E-state index contributed by atoms with van der Waals surface area (Å²) in [7, 11) is 4.06. The van der Waals surface area contributed by atoms with E-state index in [2.05, 4.69) is 25.7 Å². The molecule has 0 aliphatic rings. The first-order valence-electron chi connectivity index (χ1n) is 3.69. The number of nitrogens with zero attached hydrogens (tertiary/aromatic N) is 1. The molecule has 0 bridgehead atoms. The molecule has 10 heavy (non-hydrogen) atoms. The van der Waals surface area contributed by atoms with Gasteiger partial charge in [-0.05, 0) is 21.0 Å². The Morgan fingerprint density at radius 3 is 1.90 bits per heavy atom. The Kier molecular flexibility index (Phi) is 3.33. The molecule has 0 aromatic heterocycles. The Balaban J connectivity index is 4.03. The summed E-state index contributed by atoms with van der Waals surface area (Å²) in [4.78, 5) is 2.12. The number of hydrogen-bond donors (Lipinski definition) is 1. The van der Waals surface area contributed by atoms with Crippen molar-refractivity contribution in [3.05, 3.63) is 0 Å². The second-order valence-electron chi connectivity index (χ2n) is 3.79. The normalized spacial score (nSPS) is 15.9. The lowest BCUT2D eigenvalue weighted by molar-refractivity contribution is 0.0752. The quantitative estimate of drug-likeness (QED) is 0.639. The summed E-state index contributed by atoms with van der Waals surface area (Å²) in [6.07, 6.45) is 0. The second kappa shape index (κ2) is 3.35. The molecule has 1 atom stereocenters. The molecule has 2 heteroatoms. The van der Waals surface area contributed by atoms with Gasteiger partial charge in [-0.1, -0.05) is 13.8 Å². The number of aliphatic hydroxyl groups excluding tert-OH is 1. The maximum absolute atomic E-state index is 8.99. The number of rotatable bonds is 3.